The van der Waals surface area contributed by atoms with Gasteiger partial charge in [-0.25, -0.2) is 0 Å². The Kier molecular flexibility index (Phi) is 6.17. The smallest absolute Gasteiger partial charge is 0.312 e. The molecule has 0 unspecified atom stereocenters. The number of ether oxygens (including phenoxy) is 1. The third kappa shape index (κ3) is 4.71. The number of hydrogen-bond acceptors (Lipinski definition) is 4. The first-order valence-corrected chi connectivity index (χ1v) is 7.97. The van der Waals surface area contributed by atoms with E-state index in [1.54, 1.807) is 12.0 Å². The van der Waals surface area contributed by atoms with Gasteiger partial charge in [0, 0.05) is 39.6 Å². The second-order valence-electron chi connectivity index (χ2n) is 5.66. The van der Waals surface area contributed by atoms with Gasteiger partial charge in [-0.3, -0.25) is 14.4 Å². The Morgan fingerprint density at radius 3 is 2.42 bits per heavy atom. The molecule has 3 amide bonds. The van der Waals surface area contributed by atoms with Gasteiger partial charge >= 0.3 is 11.8 Å². The number of piperazine rings is 1. The molecule has 1 aromatic rings. The lowest BCUT2D eigenvalue weighted by molar-refractivity contribution is -0.148. The van der Waals surface area contributed by atoms with Crippen LogP contribution in [0.1, 0.15) is 12.5 Å². The summed E-state index contributed by atoms with van der Waals surface area (Å²) in [5, 5.41) is 2.65. The Morgan fingerprint density at radius 2 is 1.79 bits per heavy atom. The summed E-state index contributed by atoms with van der Waals surface area (Å²) in [4.78, 5) is 38.5. The first-order valence-electron chi connectivity index (χ1n) is 7.97. The van der Waals surface area contributed by atoms with Crippen molar-refractivity contribution < 1.29 is 19.1 Å². The van der Waals surface area contributed by atoms with Crippen LogP contribution >= 0.6 is 0 Å². The van der Waals surface area contributed by atoms with Gasteiger partial charge in [0.2, 0.25) is 5.91 Å². The van der Waals surface area contributed by atoms with Crippen molar-refractivity contribution in [3.8, 4) is 5.75 Å². The summed E-state index contributed by atoms with van der Waals surface area (Å²) in [6.45, 7) is 3.60. The van der Waals surface area contributed by atoms with E-state index in [2.05, 4.69) is 5.32 Å². The van der Waals surface area contributed by atoms with Crippen molar-refractivity contribution in [2.24, 2.45) is 0 Å². The van der Waals surface area contributed by atoms with Crippen LogP contribution < -0.4 is 10.1 Å². The number of rotatable bonds is 4. The fourth-order valence-electron chi connectivity index (χ4n) is 2.59. The number of carbonyl (C=O) groups excluding carboxylic acids is 3. The molecule has 7 nitrogen and oxygen atoms in total. The maximum absolute atomic E-state index is 12.1. The van der Waals surface area contributed by atoms with Crippen LogP contribution in [0.3, 0.4) is 0 Å². The highest BCUT2D eigenvalue weighted by Crippen LogP contribution is 2.12. The first-order chi connectivity index (χ1) is 11.5. The molecule has 2 rings (SSSR count). The average molecular weight is 333 g/mol. The summed E-state index contributed by atoms with van der Waals surface area (Å²) in [5.74, 6) is -0.388. The van der Waals surface area contributed by atoms with E-state index in [9.17, 15) is 14.4 Å². The molecule has 1 N–H and O–H groups in total. The SMILES string of the molecule is COc1cccc(CCNC(=O)C(=O)N2CCN(C(C)=O)CC2)c1. The lowest BCUT2D eigenvalue weighted by Crippen LogP contribution is -2.53. The van der Waals surface area contributed by atoms with E-state index < -0.39 is 11.8 Å². The molecule has 0 bridgehead atoms. The number of nitrogens with one attached hydrogen (secondary N) is 1. The molecule has 1 aliphatic rings. The van der Waals surface area contributed by atoms with Gasteiger partial charge in [-0.2, -0.15) is 0 Å². The molecule has 0 radical (unpaired) electrons. The summed E-state index contributed by atoms with van der Waals surface area (Å²) < 4.78 is 5.15. The molecule has 1 heterocycles. The minimum absolute atomic E-state index is 0.00941. The molecule has 1 aromatic carbocycles. The minimum atomic E-state index is -0.603. The molecule has 1 fully saturated rings. The van der Waals surface area contributed by atoms with Crippen LogP contribution in [-0.2, 0) is 20.8 Å². The van der Waals surface area contributed by atoms with Crippen LogP contribution in [0.5, 0.6) is 5.75 Å². The maximum Gasteiger partial charge on any atom is 0.312 e. The standard InChI is InChI=1S/C17H23N3O4/c1-13(21)19-8-10-20(11-9-19)17(23)16(22)18-7-6-14-4-3-5-15(12-14)24-2/h3-5,12H,6-11H2,1-2H3,(H,18,22). The van der Waals surface area contributed by atoms with Gasteiger partial charge in [0.25, 0.3) is 0 Å². The number of methoxy groups -OCH3 is 1. The topological polar surface area (TPSA) is 79.0 Å². The number of nitrogens with zero attached hydrogens (tertiary/aromatic N) is 2. The van der Waals surface area contributed by atoms with Gasteiger partial charge in [-0.1, -0.05) is 12.1 Å². The van der Waals surface area contributed by atoms with Crippen molar-refractivity contribution in [1.29, 1.82) is 0 Å². The summed E-state index contributed by atoms with van der Waals surface area (Å²) in [5.41, 5.74) is 1.03. The van der Waals surface area contributed by atoms with E-state index in [0.29, 0.717) is 39.1 Å². The van der Waals surface area contributed by atoms with E-state index in [0.717, 1.165) is 11.3 Å². The minimum Gasteiger partial charge on any atom is -0.497 e. The zero-order valence-corrected chi connectivity index (χ0v) is 14.1. The summed E-state index contributed by atoms with van der Waals surface area (Å²) >= 11 is 0. The second kappa shape index (κ2) is 8.33. The van der Waals surface area contributed by atoms with E-state index in [4.69, 9.17) is 4.74 Å². The molecule has 7 heteroatoms. The highest BCUT2D eigenvalue weighted by molar-refractivity contribution is 6.35. The van der Waals surface area contributed by atoms with Gasteiger partial charge in [0.05, 0.1) is 7.11 Å². The fraction of sp³-hybridized carbons (Fsp3) is 0.471. The Labute approximate surface area is 141 Å². The van der Waals surface area contributed by atoms with Gasteiger partial charge in [0.15, 0.2) is 0 Å². The Hall–Kier alpha value is -2.57. The lowest BCUT2D eigenvalue weighted by atomic mass is 10.1. The lowest BCUT2D eigenvalue weighted by Gasteiger charge is -2.33. The molecule has 0 spiro atoms. The van der Waals surface area contributed by atoms with Crippen LogP contribution in [0.2, 0.25) is 0 Å². The molecule has 1 saturated heterocycles. The molecule has 0 aromatic heterocycles. The van der Waals surface area contributed by atoms with Crippen molar-refractivity contribution in [2.45, 2.75) is 13.3 Å². The van der Waals surface area contributed by atoms with E-state index in [-0.39, 0.29) is 5.91 Å². The van der Waals surface area contributed by atoms with E-state index >= 15 is 0 Å². The fourth-order valence-corrected chi connectivity index (χ4v) is 2.59. The predicted octanol–water partition coefficient (Wildman–Crippen LogP) is 0.0446. The Morgan fingerprint density at radius 1 is 1.12 bits per heavy atom. The quantitative estimate of drug-likeness (QED) is 0.790. The predicted molar refractivity (Wildman–Crippen MR) is 88.5 cm³/mol. The van der Waals surface area contributed by atoms with Crippen molar-refractivity contribution in [2.75, 3.05) is 39.8 Å². The van der Waals surface area contributed by atoms with Crippen LogP contribution in [0, 0.1) is 0 Å². The zero-order valence-electron chi connectivity index (χ0n) is 14.1. The van der Waals surface area contributed by atoms with Crippen molar-refractivity contribution in [3.63, 3.8) is 0 Å². The van der Waals surface area contributed by atoms with Crippen molar-refractivity contribution in [1.82, 2.24) is 15.1 Å². The average Bonchev–Trinajstić information content (AvgIpc) is 2.61. The third-order valence-corrected chi connectivity index (χ3v) is 4.04. The largest absolute Gasteiger partial charge is 0.497 e. The van der Waals surface area contributed by atoms with Crippen molar-refractivity contribution >= 4 is 17.7 Å². The van der Waals surface area contributed by atoms with Crippen LogP contribution in [0.25, 0.3) is 0 Å². The monoisotopic (exact) mass is 333 g/mol. The molecule has 0 aliphatic carbocycles. The van der Waals surface area contributed by atoms with Crippen LogP contribution in [0.15, 0.2) is 24.3 Å². The summed E-state index contributed by atoms with van der Waals surface area (Å²) in [6.07, 6.45) is 0.619. The van der Waals surface area contributed by atoms with Gasteiger partial charge in [-0.05, 0) is 24.1 Å². The highest BCUT2D eigenvalue weighted by atomic mass is 16.5. The first kappa shape index (κ1) is 17.8. The molecule has 0 atom stereocenters. The number of benzene rings is 1. The van der Waals surface area contributed by atoms with Crippen LogP contribution in [-0.4, -0.2) is 67.4 Å². The normalized spacial score (nSPS) is 14.2. The van der Waals surface area contributed by atoms with Gasteiger partial charge in [0.1, 0.15) is 5.75 Å². The Balaban J connectivity index is 1.76. The maximum atomic E-state index is 12.1. The van der Waals surface area contributed by atoms with Gasteiger partial charge in [-0.15, -0.1) is 0 Å². The molecular formula is C17H23N3O4. The van der Waals surface area contributed by atoms with Gasteiger partial charge < -0.3 is 19.9 Å². The number of amides is 3. The highest BCUT2D eigenvalue weighted by Gasteiger charge is 2.26. The summed E-state index contributed by atoms with van der Waals surface area (Å²) in [7, 11) is 1.60. The molecule has 24 heavy (non-hydrogen) atoms. The molecule has 0 saturated carbocycles. The molecule has 130 valence electrons. The number of carbonyl (C=O) groups is 3. The van der Waals surface area contributed by atoms with E-state index in [1.165, 1.54) is 11.8 Å². The third-order valence-electron chi connectivity index (χ3n) is 4.04. The summed E-state index contributed by atoms with van der Waals surface area (Å²) in [6, 6.07) is 7.58. The van der Waals surface area contributed by atoms with E-state index in [1.807, 2.05) is 24.3 Å². The number of hydrogen-bond donors (Lipinski definition) is 1. The van der Waals surface area contributed by atoms with Crippen LogP contribution in [0.4, 0.5) is 0 Å². The zero-order chi connectivity index (χ0) is 17.5. The van der Waals surface area contributed by atoms with Crippen molar-refractivity contribution in [3.05, 3.63) is 29.8 Å². The molecular weight excluding hydrogens is 310 g/mol. The Bertz CT molecular complexity index is 610. The molecule has 1 aliphatic heterocycles. The second-order valence-corrected chi connectivity index (χ2v) is 5.66.